The molecule has 0 aromatic heterocycles. The number of anilines is 1. The van der Waals surface area contributed by atoms with Crippen LogP contribution < -0.4 is 10.2 Å². The van der Waals surface area contributed by atoms with Crippen LogP contribution >= 0.6 is 0 Å². The van der Waals surface area contributed by atoms with E-state index in [9.17, 15) is 0 Å². The summed E-state index contributed by atoms with van der Waals surface area (Å²) in [5.74, 6) is 0.813. The van der Waals surface area contributed by atoms with Gasteiger partial charge in [0.05, 0.1) is 0 Å². The van der Waals surface area contributed by atoms with E-state index < -0.39 is 0 Å². The van der Waals surface area contributed by atoms with E-state index in [1.165, 1.54) is 42.7 Å². The second-order valence-electron chi connectivity index (χ2n) is 7.43. The third kappa shape index (κ3) is 4.24. The average molecular weight is 274 g/mol. The van der Waals surface area contributed by atoms with Crippen LogP contribution in [0.2, 0.25) is 0 Å². The molecule has 1 saturated heterocycles. The fraction of sp³-hybridized carbons (Fsp3) is 0.667. The minimum absolute atomic E-state index is 0.163. The lowest BCUT2D eigenvalue weighted by Crippen LogP contribution is -2.37. The van der Waals surface area contributed by atoms with E-state index in [2.05, 4.69) is 63.0 Å². The first-order chi connectivity index (χ1) is 9.35. The predicted octanol–water partition coefficient (Wildman–Crippen LogP) is 4.12. The van der Waals surface area contributed by atoms with Crippen molar-refractivity contribution in [2.75, 3.05) is 18.0 Å². The van der Waals surface area contributed by atoms with Crippen LogP contribution in [0.5, 0.6) is 0 Å². The minimum Gasteiger partial charge on any atom is -0.371 e. The molecule has 0 aliphatic carbocycles. The number of aryl methyl sites for hydroxylation is 1. The van der Waals surface area contributed by atoms with Gasteiger partial charge in [0.25, 0.3) is 0 Å². The molecule has 2 rings (SSSR count). The van der Waals surface area contributed by atoms with E-state index in [0.29, 0.717) is 0 Å². The summed E-state index contributed by atoms with van der Waals surface area (Å²) in [6, 6.07) is 6.90. The molecule has 0 saturated carbocycles. The fourth-order valence-corrected chi connectivity index (χ4v) is 2.93. The molecule has 1 unspecified atom stereocenters. The summed E-state index contributed by atoms with van der Waals surface area (Å²) >= 11 is 0. The molecule has 2 nitrogen and oxygen atoms in total. The highest BCUT2D eigenvalue weighted by atomic mass is 15.1. The lowest BCUT2D eigenvalue weighted by atomic mass is 9.98. The average Bonchev–Trinajstić information content (AvgIpc) is 2.35. The van der Waals surface area contributed by atoms with Crippen molar-refractivity contribution in [1.29, 1.82) is 0 Å². The molecule has 1 aromatic carbocycles. The summed E-state index contributed by atoms with van der Waals surface area (Å²) in [5.41, 5.74) is 4.38. The van der Waals surface area contributed by atoms with Crippen LogP contribution in [0.25, 0.3) is 0 Å². The molecule has 0 amide bonds. The minimum atomic E-state index is 0.163. The zero-order valence-electron chi connectivity index (χ0n) is 13.8. The first kappa shape index (κ1) is 15.4. The quantitative estimate of drug-likeness (QED) is 0.892. The maximum atomic E-state index is 3.63. The molecular weight excluding hydrogens is 244 g/mol. The Bertz CT molecular complexity index is 445. The van der Waals surface area contributed by atoms with Crippen molar-refractivity contribution < 1.29 is 0 Å². The van der Waals surface area contributed by atoms with Gasteiger partial charge in [0.2, 0.25) is 0 Å². The molecule has 1 N–H and O–H groups in total. The second-order valence-corrected chi connectivity index (χ2v) is 7.43. The number of hydrogen-bond acceptors (Lipinski definition) is 2. The van der Waals surface area contributed by atoms with Crippen LogP contribution in [0, 0.1) is 12.8 Å². The van der Waals surface area contributed by atoms with E-state index in [1.54, 1.807) is 0 Å². The highest BCUT2D eigenvalue weighted by Crippen LogP contribution is 2.27. The Morgan fingerprint density at radius 3 is 2.70 bits per heavy atom. The van der Waals surface area contributed by atoms with Crippen molar-refractivity contribution in [2.24, 2.45) is 5.92 Å². The van der Waals surface area contributed by atoms with Gasteiger partial charge in [-0.1, -0.05) is 24.6 Å². The highest BCUT2D eigenvalue weighted by molar-refractivity contribution is 5.55. The van der Waals surface area contributed by atoms with Gasteiger partial charge in [0.1, 0.15) is 0 Å². The van der Waals surface area contributed by atoms with Gasteiger partial charge in [-0.25, -0.2) is 0 Å². The summed E-state index contributed by atoms with van der Waals surface area (Å²) in [7, 11) is 0. The Hall–Kier alpha value is -1.02. The summed E-state index contributed by atoms with van der Waals surface area (Å²) in [5, 5.41) is 3.63. The largest absolute Gasteiger partial charge is 0.371 e. The van der Waals surface area contributed by atoms with Crippen LogP contribution in [0.4, 0.5) is 5.69 Å². The molecule has 112 valence electrons. The first-order valence-electron chi connectivity index (χ1n) is 7.95. The first-order valence-corrected chi connectivity index (χ1v) is 7.95. The molecule has 1 aromatic rings. The number of hydrogen-bond donors (Lipinski definition) is 1. The van der Waals surface area contributed by atoms with Gasteiger partial charge >= 0.3 is 0 Å². The van der Waals surface area contributed by atoms with Crippen molar-refractivity contribution in [1.82, 2.24) is 5.32 Å². The third-order valence-electron chi connectivity index (χ3n) is 4.04. The number of piperidine rings is 1. The van der Waals surface area contributed by atoms with Gasteiger partial charge in [0.15, 0.2) is 0 Å². The second kappa shape index (κ2) is 6.17. The van der Waals surface area contributed by atoms with E-state index in [0.717, 1.165) is 12.5 Å². The standard InChI is InChI=1S/C18H30N2/c1-14-8-9-17(20-10-6-7-15(2)13-20)16(11-14)12-19-18(3,4)5/h8-9,11,15,19H,6-7,10,12-13H2,1-5H3. The zero-order valence-corrected chi connectivity index (χ0v) is 13.8. The molecule has 1 fully saturated rings. The Kier molecular flexibility index (Phi) is 4.74. The molecule has 0 bridgehead atoms. The predicted molar refractivity (Wildman–Crippen MR) is 88.4 cm³/mol. The molecule has 2 heteroatoms. The monoisotopic (exact) mass is 274 g/mol. The van der Waals surface area contributed by atoms with Gasteiger partial charge < -0.3 is 10.2 Å². The van der Waals surface area contributed by atoms with Crippen molar-refractivity contribution in [3.05, 3.63) is 29.3 Å². The third-order valence-corrected chi connectivity index (χ3v) is 4.04. The fourth-order valence-electron chi connectivity index (χ4n) is 2.93. The molecule has 1 atom stereocenters. The molecule has 1 aliphatic heterocycles. The van der Waals surface area contributed by atoms with Gasteiger partial charge in [-0.3, -0.25) is 0 Å². The van der Waals surface area contributed by atoms with Crippen molar-refractivity contribution >= 4 is 5.69 Å². The van der Waals surface area contributed by atoms with Crippen LogP contribution in [-0.2, 0) is 6.54 Å². The van der Waals surface area contributed by atoms with Crippen molar-refractivity contribution in [3.8, 4) is 0 Å². The number of benzene rings is 1. The maximum absolute atomic E-state index is 3.63. The van der Waals surface area contributed by atoms with Gasteiger partial charge in [-0.05, 0) is 58.1 Å². The molecule has 0 spiro atoms. The van der Waals surface area contributed by atoms with Crippen LogP contribution in [0.1, 0.15) is 51.7 Å². The van der Waals surface area contributed by atoms with Crippen LogP contribution in [0.15, 0.2) is 18.2 Å². The molecule has 1 aliphatic rings. The number of nitrogens with one attached hydrogen (secondary N) is 1. The van der Waals surface area contributed by atoms with Crippen molar-refractivity contribution in [3.63, 3.8) is 0 Å². The smallest absolute Gasteiger partial charge is 0.0412 e. The summed E-state index contributed by atoms with van der Waals surface area (Å²) in [4.78, 5) is 2.58. The van der Waals surface area contributed by atoms with Gasteiger partial charge in [-0.15, -0.1) is 0 Å². The number of rotatable bonds is 3. The number of nitrogens with zero attached hydrogens (tertiary/aromatic N) is 1. The van der Waals surface area contributed by atoms with E-state index >= 15 is 0 Å². The Morgan fingerprint density at radius 2 is 2.05 bits per heavy atom. The maximum Gasteiger partial charge on any atom is 0.0412 e. The summed E-state index contributed by atoms with van der Waals surface area (Å²) in [6.07, 6.45) is 2.69. The lowest BCUT2D eigenvalue weighted by molar-refractivity contribution is 0.421. The van der Waals surface area contributed by atoms with E-state index in [1.807, 2.05) is 0 Å². The van der Waals surface area contributed by atoms with Crippen molar-refractivity contribution in [2.45, 2.75) is 59.5 Å². The SMILES string of the molecule is Cc1ccc(N2CCCC(C)C2)c(CNC(C)(C)C)c1. The molecule has 20 heavy (non-hydrogen) atoms. The van der Waals surface area contributed by atoms with E-state index in [-0.39, 0.29) is 5.54 Å². The molecule has 0 radical (unpaired) electrons. The molecular formula is C18H30N2. The highest BCUT2D eigenvalue weighted by Gasteiger charge is 2.19. The van der Waals surface area contributed by atoms with Crippen LogP contribution in [-0.4, -0.2) is 18.6 Å². The zero-order chi connectivity index (χ0) is 14.8. The lowest BCUT2D eigenvalue weighted by Gasteiger charge is -2.35. The summed E-state index contributed by atoms with van der Waals surface area (Å²) < 4.78 is 0. The van der Waals surface area contributed by atoms with Gasteiger partial charge in [-0.2, -0.15) is 0 Å². The Balaban J connectivity index is 2.18. The Morgan fingerprint density at radius 1 is 1.30 bits per heavy atom. The molecule has 1 heterocycles. The van der Waals surface area contributed by atoms with E-state index in [4.69, 9.17) is 0 Å². The summed E-state index contributed by atoms with van der Waals surface area (Å²) in [6.45, 7) is 14.6. The van der Waals surface area contributed by atoms with Gasteiger partial charge in [0, 0.05) is 30.9 Å². The Labute approximate surface area is 124 Å². The normalized spacial score (nSPS) is 20.2. The topological polar surface area (TPSA) is 15.3 Å². The van der Waals surface area contributed by atoms with Crippen LogP contribution in [0.3, 0.4) is 0 Å².